The van der Waals surface area contributed by atoms with Crippen molar-refractivity contribution >= 4 is 69.8 Å². The second-order valence-corrected chi connectivity index (χ2v) is 19.9. The van der Waals surface area contributed by atoms with E-state index in [0.29, 0.717) is 0 Å². The van der Waals surface area contributed by atoms with Crippen molar-refractivity contribution in [2.45, 2.75) is 245 Å². The molecule has 0 heterocycles. The number of aliphatic imine (C=N–C) groups is 1. The second kappa shape index (κ2) is 50.5. The van der Waals surface area contributed by atoms with Gasteiger partial charge in [-0.05, 0) is 50.5 Å². The van der Waals surface area contributed by atoms with E-state index >= 15 is 0 Å². The Hall–Kier alpha value is -0.500. The molecule has 0 aromatic heterocycles. The number of carbonyl (C=O) groups excluding carboxylic acids is 1. The number of nitrogens with one attached hydrogen (secondary N) is 1. The standard InChI is InChI=1S/2C24H47NO4S.Ca/c2*1-2-3-4-5-6-7-8-9-10-11-12-13-14-15-16-17-18-19-21-24(26)25-22-20-23-30(27,28)29;/h2*19,21H,2-18,20,22-23H2,1H3,(H,25,26)(H,27,28,29);/q;;+2/p-2/b2*21-19+;. The molecule has 0 bridgehead atoms. The summed E-state index contributed by atoms with van der Waals surface area (Å²) in [4.78, 5) is 15.2. The van der Waals surface area contributed by atoms with E-state index in [9.17, 15) is 31.3 Å². The summed E-state index contributed by atoms with van der Waals surface area (Å²) >= 11 is 0. The number of hydrogen-bond donors (Lipinski definition) is 2. The molecule has 0 aromatic rings. The summed E-state index contributed by atoms with van der Waals surface area (Å²) in [6.45, 7) is 4.88. The summed E-state index contributed by atoms with van der Waals surface area (Å²) in [5.41, 5.74) is 0. The first kappa shape index (κ1) is 64.8. The van der Waals surface area contributed by atoms with Crippen molar-refractivity contribution in [1.82, 2.24) is 5.32 Å². The van der Waals surface area contributed by atoms with Gasteiger partial charge in [-0.2, -0.15) is 8.42 Å². The molecule has 0 saturated carbocycles. The minimum atomic E-state index is -4.21. The Morgan fingerprint density at radius 3 is 1.16 bits per heavy atom. The van der Waals surface area contributed by atoms with Crippen molar-refractivity contribution in [2.24, 2.45) is 4.99 Å². The molecule has 0 radical (unpaired) electrons. The first-order valence-electron chi connectivity index (χ1n) is 24.6. The van der Waals surface area contributed by atoms with E-state index in [4.69, 9.17) is 4.55 Å². The van der Waals surface area contributed by atoms with Crippen LogP contribution in [0.3, 0.4) is 0 Å². The molecule has 0 saturated heterocycles. The van der Waals surface area contributed by atoms with Crippen LogP contribution in [0, 0.1) is 0 Å². The molecule has 1 amide bonds. The Labute approximate surface area is 406 Å². The summed E-state index contributed by atoms with van der Waals surface area (Å²) in [6.07, 6.45) is 52.0. The van der Waals surface area contributed by atoms with Crippen LogP contribution in [-0.4, -0.2) is 100 Å². The molecule has 0 fully saturated rings. The molecule has 2 N–H and O–H groups in total. The van der Waals surface area contributed by atoms with Gasteiger partial charge in [-0.25, -0.2) is 8.42 Å². The van der Waals surface area contributed by atoms with E-state index in [1.54, 1.807) is 0 Å². The number of nitrogens with zero attached hydrogens (tertiary/aromatic N) is 1. The summed E-state index contributed by atoms with van der Waals surface area (Å²) in [6, 6.07) is 0. The van der Waals surface area contributed by atoms with Crippen LogP contribution in [0.15, 0.2) is 29.3 Å². The van der Waals surface area contributed by atoms with Gasteiger partial charge in [-0.1, -0.05) is 225 Å². The van der Waals surface area contributed by atoms with Crippen molar-refractivity contribution in [3.05, 3.63) is 24.3 Å². The third-order valence-corrected chi connectivity index (χ3v) is 12.3. The van der Waals surface area contributed by atoms with Crippen LogP contribution < -0.4 is 10.4 Å². The number of rotatable bonds is 44. The molecule has 10 nitrogen and oxygen atoms in total. The molecule has 0 aliphatic rings. The van der Waals surface area contributed by atoms with Gasteiger partial charge in [-0.3, -0.25) is 9.35 Å². The van der Waals surface area contributed by atoms with Gasteiger partial charge in [0.25, 0.3) is 10.1 Å². The van der Waals surface area contributed by atoms with Crippen LogP contribution in [-0.2, 0) is 25.0 Å². The average Bonchev–Trinajstić information content (AvgIpc) is 3.19. The summed E-state index contributed by atoms with van der Waals surface area (Å²) in [7, 11) is -8.15. The Morgan fingerprint density at radius 2 is 0.836 bits per heavy atom. The molecule has 0 aliphatic carbocycles. The smallest absolute Gasteiger partial charge is 0.859 e. The van der Waals surface area contributed by atoms with E-state index < -0.39 is 26.0 Å². The van der Waals surface area contributed by atoms with E-state index in [-0.39, 0.29) is 81.2 Å². The maximum atomic E-state index is 11.5. The number of carbonyl (C=O) groups is 1. The molecule has 0 spiro atoms. The molecule has 0 atom stereocenters. The van der Waals surface area contributed by atoms with Crippen LogP contribution in [0.5, 0.6) is 0 Å². The molecular formula is C48H92CaN2O8S2. The van der Waals surface area contributed by atoms with Crippen LogP contribution in [0.25, 0.3) is 0 Å². The van der Waals surface area contributed by atoms with E-state index in [0.717, 1.165) is 25.7 Å². The van der Waals surface area contributed by atoms with Crippen molar-refractivity contribution in [1.29, 1.82) is 0 Å². The van der Waals surface area contributed by atoms with E-state index in [2.05, 4.69) is 24.2 Å². The number of allylic oxidation sites excluding steroid dienone is 2. The molecule has 61 heavy (non-hydrogen) atoms. The third-order valence-electron chi connectivity index (χ3n) is 10.7. The van der Waals surface area contributed by atoms with Gasteiger partial charge in [0, 0.05) is 18.8 Å². The Morgan fingerprint density at radius 1 is 0.508 bits per heavy atom. The molecule has 0 unspecified atom stereocenters. The van der Waals surface area contributed by atoms with Crippen LogP contribution in [0.2, 0.25) is 0 Å². The summed E-state index contributed by atoms with van der Waals surface area (Å²) in [5.74, 6) is -1.35. The third kappa shape index (κ3) is 63.9. The zero-order chi connectivity index (χ0) is 44.7. The number of hydrogen-bond acceptors (Lipinski definition) is 8. The fraction of sp³-hybridized carbons (Fsp3) is 0.875. The predicted octanol–water partition coefficient (Wildman–Crippen LogP) is 12.1. The SMILES string of the molecule is CCCCCCCCCCCCCCCCCC/C=C/C(=O)NCCCS(=O)(=O)O.CCCCCCCCCCCCCCCCCC/C=C/C([O-])=NCCCS(=O)(=O)[O-].[Ca+2]. The molecular weight excluding hydrogens is 837 g/mol. The summed E-state index contributed by atoms with van der Waals surface area (Å²) < 4.78 is 61.0. The van der Waals surface area contributed by atoms with Crippen LogP contribution >= 0.6 is 0 Å². The van der Waals surface area contributed by atoms with Gasteiger partial charge in [0.1, 0.15) is 0 Å². The van der Waals surface area contributed by atoms with Gasteiger partial charge in [-0.15, -0.1) is 0 Å². The Kier molecular flexibility index (Phi) is 53.6. The molecule has 0 aliphatic heterocycles. The monoisotopic (exact) mass is 929 g/mol. The molecule has 0 rings (SSSR count). The van der Waals surface area contributed by atoms with Crippen LogP contribution in [0.1, 0.15) is 245 Å². The molecule has 13 heteroatoms. The molecule has 0 aromatic carbocycles. The topological polar surface area (TPSA) is 176 Å². The maximum Gasteiger partial charge on any atom is 2.00 e. The van der Waals surface area contributed by atoms with Gasteiger partial charge in [0.2, 0.25) is 5.91 Å². The van der Waals surface area contributed by atoms with Crippen LogP contribution in [0.4, 0.5) is 0 Å². The zero-order valence-electron chi connectivity index (χ0n) is 39.4. The van der Waals surface area contributed by atoms with Gasteiger partial charge < -0.3 is 20.0 Å². The van der Waals surface area contributed by atoms with E-state index in [1.807, 2.05) is 12.2 Å². The minimum Gasteiger partial charge on any atom is -0.859 e. The first-order valence-corrected chi connectivity index (χ1v) is 27.8. The van der Waals surface area contributed by atoms with Crippen molar-refractivity contribution in [3.63, 3.8) is 0 Å². The average molecular weight is 929 g/mol. The Bertz CT molecular complexity index is 1240. The van der Waals surface area contributed by atoms with Crippen molar-refractivity contribution in [3.8, 4) is 0 Å². The van der Waals surface area contributed by atoms with E-state index in [1.165, 1.54) is 205 Å². The second-order valence-electron chi connectivity index (χ2n) is 16.8. The zero-order valence-corrected chi connectivity index (χ0v) is 43.2. The first-order chi connectivity index (χ1) is 28.9. The fourth-order valence-electron chi connectivity index (χ4n) is 7.00. The quantitative estimate of drug-likeness (QED) is 0.0151. The largest absolute Gasteiger partial charge is 2.00 e. The van der Waals surface area contributed by atoms with Crippen molar-refractivity contribution < 1.29 is 35.8 Å². The minimum absolute atomic E-state index is 0. The van der Waals surface area contributed by atoms with Gasteiger partial charge in [0.05, 0.1) is 15.9 Å². The fourth-order valence-corrected chi connectivity index (χ4v) is 8.00. The van der Waals surface area contributed by atoms with Gasteiger partial charge >= 0.3 is 37.7 Å². The maximum absolute atomic E-state index is 11.5. The summed E-state index contributed by atoms with van der Waals surface area (Å²) in [5, 5.41) is 14.1. The predicted molar refractivity (Wildman–Crippen MR) is 258 cm³/mol. The number of unbranched alkanes of at least 4 members (excludes halogenated alkanes) is 32. The number of amides is 1. The van der Waals surface area contributed by atoms with Crippen molar-refractivity contribution in [2.75, 3.05) is 24.6 Å². The Balaban J connectivity index is -0.00000109. The normalized spacial score (nSPS) is 12.2. The van der Waals surface area contributed by atoms with Gasteiger partial charge in [0.15, 0.2) is 0 Å². The molecule has 356 valence electrons.